The van der Waals surface area contributed by atoms with Gasteiger partial charge in [0.2, 0.25) is 0 Å². The molecule has 4 rings (SSSR count). The van der Waals surface area contributed by atoms with Crippen LogP contribution in [0.25, 0.3) is 11.3 Å². The van der Waals surface area contributed by atoms with E-state index in [1.165, 1.54) is 0 Å². The number of furan rings is 1. The Balaban J connectivity index is 1.38. The van der Waals surface area contributed by atoms with Crippen molar-refractivity contribution < 1.29 is 14.0 Å². The first-order chi connectivity index (χ1) is 15.0. The highest BCUT2D eigenvalue weighted by Gasteiger charge is 2.13. The van der Waals surface area contributed by atoms with Crippen LogP contribution in [0.1, 0.15) is 20.9 Å². The maximum atomic E-state index is 12.5. The molecule has 0 atom stereocenters. The van der Waals surface area contributed by atoms with Crippen molar-refractivity contribution in [2.24, 2.45) is 0 Å². The number of nitrogens with one attached hydrogen (secondary N) is 2. The molecule has 0 bridgehead atoms. The molecule has 2 amide bonds. The number of halogens is 2. The number of benzene rings is 3. The number of hydrogen-bond acceptors (Lipinski definition) is 3. The van der Waals surface area contributed by atoms with Gasteiger partial charge >= 0.3 is 0 Å². The van der Waals surface area contributed by atoms with Crippen molar-refractivity contribution in [3.63, 3.8) is 0 Å². The Morgan fingerprint density at radius 1 is 0.710 bits per heavy atom. The molecule has 0 aliphatic rings. The molecule has 0 fully saturated rings. The minimum Gasteiger partial charge on any atom is -0.451 e. The van der Waals surface area contributed by atoms with E-state index in [9.17, 15) is 9.59 Å². The average Bonchev–Trinajstić information content (AvgIpc) is 3.26. The Morgan fingerprint density at radius 3 is 1.90 bits per heavy atom. The predicted molar refractivity (Wildman–Crippen MR) is 131 cm³/mol. The summed E-state index contributed by atoms with van der Waals surface area (Å²) in [6.07, 6.45) is 0. The van der Waals surface area contributed by atoms with Crippen molar-refractivity contribution in [2.45, 2.75) is 0 Å². The lowest BCUT2D eigenvalue weighted by molar-refractivity contribution is 0.0995. The molecule has 0 radical (unpaired) electrons. The van der Waals surface area contributed by atoms with E-state index >= 15 is 0 Å². The summed E-state index contributed by atoms with van der Waals surface area (Å²) >= 11 is 8.09. The Labute approximate surface area is 197 Å². The third-order valence-electron chi connectivity index (χ3n) is 4.47. The van der Waals surface area contributed by atoms with Crippen LogP contribution >= 0.6 is 34.2 Å². The largest absolute Gasteiger partial charge is 0.451 e. The number of amides is 2. The molecule has 3 aromatic carbocycles. The smallest absolute Gasteiger partial charge is 0.291 e. The SMILES string of the molecule is O=C(Nc1ccc(NC(=O)c2ccc(-c3ccc(Cl)cc3)o2)cc1)c1ccc(I)cc1. The van der Waals surface area contributed by atoms with E-state index in [0.29, 0.717) is 27.7 Å². The molecule has 1 heterocycles. The summed E-state index contributed by atoms with van der Waals surface area (Å²) in [7, 11) is 0. The lowest BCUT2D eigenvalue weighted by Gasteiger charge is -2.07. The molecule has 0 saturated carbocycles. The van der Waals surface area contributed by atoms with Gasteiger partial charge in [0.1, 0.15) is 5.76 Å². The zero-order valence-electron chi connectivity index (χ0n) is 16.1. The molecule has 4 aromatic rings. The molecular weight excluding hydrogens is 527 g/mol. The van der Waals surface area contributed by atoms with Crippen molar-refractivity contribution in [3.05, 3.63) is 105 Å². The second-order valence-corrected chi connectivity index (χ2v) is 8.35. The van der Waals surface area contributed by atoms with Crippen molar-refractivity contribution in [3.8, 4) is 11.3 Å². The van der Waals surface area contributed by atoms with Crippen LogP contribution in [-0.2, 0) is 0 Å². The van der Waals surface area contributed by atoms with Crippen LogP contribution in [0.15, 0.2) is 89.3 Å². The second-order valence-electron chi connectivity index (χ2n) is 6.66. The van der Waals surface area contributed by atoms with Gasteiger partial charge in [-0.15, -0.1) is 0 Å². The Hall–Kier alpha value is -3.10. The number of anilines is 2. The molecule has 0 aliphatic heterocycles. The summed E-state index contributed by atoms with van der Waals surface area (Å²) < 4.78 is 6.73. The highest BCUT2D eigenvalue weighted by molar-refractivity contribution is 14.1. The standard InChI is InChI=1S/C24H16ClIN2O3/c25-17-5-1-15(2-6-17)21-13-14-22(31-21)24(30)28-20-11-9-19(10-12-20)27-23(29)16-3-7-18(26)8-4-16/h1-14H,(H,27,29)(H,28,30). The molecular formula is C24H16ClIN2O3. The van der Waals surface area contributed by atoms with Gasteiger partial charge in [0.25, 0.3) is 11.8 Å². The summed E-state index contributed by atoms with van der Waals surface area (Å²) in [4.78, 5) is 24.8. The fraction of sp³-hybridized carbons (Fsp3) is 0. The Bertz CT molecular complexity index is 1220. The van der Waals surface area contributed by atoms with Crippen molar-refractivity contribution in [2.75, 3.05) is 10.6 Å². The average molecular weight is 543 g/mol. The van der Waals surface area contributed by atoms with E-state index < -0.39 is 0 Å². The van der Waals surface area contributed by atoms with Crippen LogP contribution < -0.4 is 10.6 Å². The molecule has 2 N–H and O–H groups in total. The van der Waals surface area contributed by atoms with E-state index in [4.69, 9.17) is 16.0 Å². The van der Waals surface area contributed by atoms with E-state index in [-0.39, 0.29) is 17.6 Å². The van der Waals surface area contributed by atoms with E-state index in [0.717, 1.165) is 9.13 Å². The minimum atomic E-state index is -0.365. The summed E-state index contributed by atoms with van der Waals surface area (Å²) in [5.41, 5.74) is 2.62. The lowest BCUT2D eigenvalue weighted by Crippen LogP contribution is -2.13. The van der Waals surface area contributed by atoms with Crippen LogP contribution in [0, 0.1) is 3.57 Å². The summed E-state index contributed by atoms with van der Waals surface area (Å²) in [6, 6.07) is 24.7. The van der Waals surface area contributed by atoms with Gasteiger partial charge in [0.05, 0.1) is 0 Å². The second kappa shape index (κ2) is 9.36. The molecule has 31 heavy (non-hydrogen) atoms. The van der Waals surface area contributed by atoms with Gasteiger partial charge < -0.3 is 15.1 Å². The number of carbonyl (C=O) groups excluding carboxylic acids is 2. The van der Waals surface area contributed by atoms with Crippen LogP contribution in [0.2, 0.25) is 5.02 Å². The first-order valence-corrected chi connectivity index (χ1v) is 10.8. The summed E-state index contributed by atoms with van der Waals surface area (Å²) in [6.45, 7) is 0. The molecule has 5 nitrogen and oxygen atoms in total. The van der Waals surface area contributed by atoms with Gasteiger partial charge in [0, 0.05) is 31.1 Å². The highest BCUT2D eigenvalue weighted by atomic mass is 127. The first-order valence-electron chi connectivity index (χ1n) is 9.32. The fourth-order valence-corrected chi connectivity index (χ4v) is 3.35. The molecule has 154 valence electrons. The minimum absolute atomic E-state index is 0.195. The van der Waals surface area contributed by atoms with E-state index in [1.807, 2.05) is 24.3 Å². The predicted octanol–water partition coefficient (Wildman–Crippen LogP) is 6.71. The number of rotatable bonds is 5. The van der Waals surface area contributed by atoms with E-state index in [2.05, 4.69) is 33.2 Å². The van der Waals surface area contributed by atoms with Crippen LogP contribution in [0.3, 0.4) is 0 Å². The zero-order valence-corrected chi connectivity index (χ0v) is 19.0. The van der Waals surface area contributed by atoms with Gasteiger partial charge in [-0.2, -0.15) is 0 Å². The maximum absolute atomic E-state index is 12.5. The van der Waals surface area contributed by atoms with Crippen molar-refractivity contribution >= 4 is 57.4 Å². The van der Waals surface area contributed by atoms with Gasteiger partial charge in [-0.05, 0) is 108 Å². The molecule has 0 unspecified atom stereocenters. The van der Waals surface area contributed by atoms with Crippen molar-refractivity contribution in [1.29, 1.82) is 0 Å². The van der Waals surface area contributed by atoms with Gasteiger partial charge in [-0.3, -0.25) is 9.59 Å². The van der Waals surface area contributed by atoms with Gasteiger partial charge in [0.15, 0.2) is 5.76 Å². The molecule has 0 aliphatic carbocycles. The molecule has 7 heteroatoms. The normalized spacial score (nSPS) is 10.5. The van der Waals surface area contributed by atoms with E-state index in [1.54, 1.807) is 60.7 Å². The summed E-state index contributed by atoms with van der Waals surface area (Å²) in [5.74, 6) is 0.214. The van der Waals surface area contributed by atoms with Crippen LogP contribution in [0.5, 0.6) is 0 Å². The van der Waals surface area contributed by atoms with Gasteiger partial charge in [-0.1, -0.05) is 11.6 Å². The Kier molecular flexibility index (Phi) is 6.39. The third kappa shape index (κ3) is 5.34. The molecule has 0 saturated heterocycles. The zero-order chi connectivity index (χ0) is 21.8. The monoisotopic (exact) mass is 542 g/mol. The highest BCUT2D eigenvalue weighted by Crippen LogP contribution is 2.24. The molecule has 0 spiro atoms. The molecule has 1 aromatic heterocycles. The maximum Gasteiger partial charge on any atom is 0.291 e. The Morgan fingerprint density at radius 2 is 1.29 bits per heavy atom. The van der Waals surface area contributed by atoms with Crippen LogP contribution in [0.4, 0.5) is 11.4 Å². The topological polar surface area (TPSA) is 71.3 Å². The van der Waals surface area contributed by atoms with Crippen molar-refractivity contribution in [1.82, 2.24) is 0 Å². The fourth-order valence-electron chi connectivity index (χ4n) is 2.86. The quantitative estimate of drug-likeness (QED) is 0.275. The summed E-state index contributed by atoms with van der Waals surface area (Å²) in [5, 5.41) is 6.25. The third-order valence-corrected chi connectivity index (χ3v) is 5.44. The number of carbonyl (C=O) groups is 2. The lowest BCUT2D eigenvalue weighted by atomic mass is 10.2. The van der Waals surface area contributed by atoms with Crippen LogP contribution in [-0.4, -0.2) is 11.8 Å². The first kappa shape index (κ1) is 21.1. The van der Waals surface area contributed by atoms with Gasteiger partial charge in [-0.25, -0.2) is 0 Å². The number of hydrogen-bond donors (Lipinski definition) is 2.